The molecule has 0 bridgehead atoms. The minimum absolute atomic E-state index is 0.744. The van der Waals surface area contributed by atoms with Crippen LogP contribution in [0.4, 0.5) is 0 Å². The Morgan fingerprint density at radius 3 is 2.60 bits per heavy atom. The van der Waals surface area contributed by atoms with Gasteiger partial charge in [0.05, 0.1) is 17.4 Å². The van der Waals surface area contributed by atoms with Crippen molar-refractivity contribution >= 4 is 17.3 Å². The summed E-state index contributed by atoms with van der Waals surface area (Å²) >= 11 is 0. The van der Waals surface area contributed by atoms with Crippen LogP contribution < -0.4 is 0 Å². The van der Waals surface area contributed by atoms with Gasteiger partial charge in [-0.25, -0.2) is 4.98 Å². The highest BCUT2D eigenvalue weighted by Gasteiger charge is 2.08. The fourth-order valence-electron chi connectivity index (χ4n) is 2.56. The monoisotopic (exact) mass is 264 g/mol. The van der Waals surface area contributed by atoms with Crippen molar-refractivity contribution < 1.29 is 4.79 Å². The van der Waals surface area contributed by atoms with E-state index in [0.29, 0.717) is 0 Å². The molecule has 0 saturated carbocycles. The van der Waals surface area contributed by atoms with Gasteiger partial charge < -0.3 is 4.57 Å². The molecule has 3 rings (SSSR count). The van der Waals surface area contributed by atoms with Gasteiger partial charge in [-0.05, 0) is 48.2 Å². The smallest absolute Gasteiger partial charge is 0.150 e. The van der Waals surface area contributed by atoms with Gasteiger partial charge in [-0.1, -0.05) is 18.2 Å². The molecule has 0 aliphatic rings. The number of fused-ring (bicyclic) bond motifs is 1. The fraction of sp³-hybridized carbons (Fsp3) is 0.176. The van der Waals surface area contributed by atoms with Gasteiger partial charge in [-0.3, -0.25) is 4.79 Å². The van der Waals surface area contributed by atoms with E-state index >= 15 is 0 Å². The summed E-state index contributed by atoms with van der Waals surface area (Å²) in [5.41, 5.74) is 7.37. The maximum Gasteiger partial charge on any atom is 0.150 e. The summed E-state index contributed by atoms with van der Waals surface area (Å²) in [6.45, 7) is 4.05. The van der Waals surface area contributed by atoms with Gasteiger partial charge >= 0.3 is 0 Å². The molecule has 2 aromatic carbocycles. The molecule has 0 spiro atoms. The number of carbonyl (C=O) groups is 1. The van der Waals surface area contributed by atoms with Gasteiger partial charge in [0, 0.05) is 12.6 Å². The van der Waals surface area contributed by atoms with Crippen LogP contribution in [0, 0.1) is 13.8 Å². The summed E-state index contributed by atoms with van der Waals surface area (Å²) in [6.07, 6.45) is 2.73. The van der Waals surface area contributed by atoms with E-state index in [-0.39, 0.29) is 0 Å². The van der Waals surface area contributed by atoms with Gasteiger partial charge in [0.1, 0.15) is 6.29 Å². The molecule has 0 unspecified atom stereocenters. The van der Waals surface area contributed by atoms with E-state index in [4.69, 9.17) is 0 Å². The number of hydrogen-bond acceptors (Lipinski definition) is 2. The number of imidazole rings is 1. The van der Waals surface area contributed by atoms with Crippen molar-refractivity contribution in [2.45, 2.75) is 13.8 Å². The van der Waals surface area contributed by atoms with Crippen molar-refractivity contribution in [3.8, 4) is 11.1 Å². The van der Waals surface area contributed by atoms with Crippen molar-refractivity contribution in [3.05, 3.63) is 53.3 Å². The standard InChI is InChI=1S/C17H16N2O/c1-11-6-13(4-5-14(11)9-20)15-8-17-16(7-12(15)2)18-10-19(17)3/h4-10H,1-3H3. The number of aldehydes is 1. The Labute approximate surface area is 117 Å². The molecule has 0 saturated heterocycles. The molecule has 0 fully saturated rings. The van der Waals surface area contributed by atoms with E-state index in [1.807, 2.05) is 37.0 Å². The largest absolute Gasteiger partial charge is 0.334 e. The van der Waals surface area contributed by atoms with Crippen LogP contribution in [0.1, 0.15) is 21.5 Å². The molecule has 1 heterocycles. The van der Waals surface area contributed by atoms with Crippen molar-refractivity contribution in [2.24, 2.45) is 7.05 Å². The minimum atomic E-state index is 0.744. The van der Waals surface area contributed by atoms with Crippen molar-refractivity contribution in [1.29, 1.82) is 0 Å². The number of rotatable bonds is 2. The molecular formula is C17H16N2O. The Hall–Kier alpha value is -2.42. The highest BCUT2D eigenvalue weighted by Crippen LogP contribution is 2.28. The molecule has 0 aliphatic heterocycles. The van der Waals surface area contributed by atoms with E-state index < -0.39 is 0 Å². The predicted octanol–water partition coefficient (Wildman–Crippen LogP) is 3.67. The highest BCUT2D eigenvalue weighted by molar-refractivity contribution is 5.86. The van der Waals surface area contributed by atoms with Crippen LogP contribution in [0.25, 0.3) is 22.2 Å². The molecule has 0 radical (unpaired) electrons. The lowest BCUT2D eigenvalue weighted by Crippen LogP contribution is -1.91. The Bertz CT molecular complexity index is 815. The van der Waals surface area contributed by atoms with Crippen LogP contribution in [0.2, 0.25) is 0 Å². The van der Waals surface area contributed by atoms with Crippen LogP contribution in [0.5, 0.6) is 0 Å². The normalized spacial score (nSPS) is 10.9. The molecule has 3 heteroatoms. The summed E-state index contributed by atoms with van der Waals surface area (Å²) < 4.78 is 2.02. The average Bonchev–Trinajstić information content (AvgIpc) is 2.78. The minimum Gasteiger partial charge on any atom is -0.334 e. The molecule has 0 amide bonds. The maximum atomic E-state index is 10.9. The van der Waals surface area contributed by atoms with E-state index in [9.17, 15) is 4.79 Å². The second-order valence-electron chi connectivity index (χ2n) is 5.20. The van der Waals surface area contributed by atoms with Gasteiger partial charge in [0.2, 0.25) is 0 Å². The first-order valence-electron chi connectivity index (χ1n) is 6.58. The Kier molecular flexibility index (Phi) is 2.90. The van der Waals surface area contributed by atoms with Gasteiger partial charge in [-0.15, -0.1) is 0 Å². The summed E-state index contributed by atoms with van der Waals surface area (Å²) in [5.74, 6) is 0. The van der Waals surface area contributed by atoms with Crippen LogP contribution in [0.3, 0.4) is 0 Å². The SMILES string of the molecule is Cc1cc(-c2cc3c(cc2C)ncn3C)ccc1C=O. The number of hydrogen-bond donors (Lipinski definition) is 0. The van der Waals surface area contributed by atoms with Crippen LogP contribution in [0.15, 0.2) is 36.7 Å². The van der Waals surface area contributed by atoms with Crippen LogP contribution in [-0.4, -0.2) is 15.8 Å². The predicted molar refractivity (Wildman–Crippen MR) is 81.0 cm³/mol. The first kappa shape index (κ1) is 12.6. The molecule has 20 heavy (non-hydrogen) atoms. The quantitative estimate of drug-likeness (QED) is 0.662. The Morgan fingerprint density at radius 2 is 1.90 bits per heavy atom. The van der Waals surface area contributed by atoms with E-state index in [0.717, 1.165) is 34.0 Å². The molecule has 3 aromatic rings. The maximum absolute atomic E-state index is 10.9. The Balaban J connectivity index is 2.22. The molecular weight excluding hydrogens is 248 g/mol. The zero-order valence-corrected chi connectivity index (χ0v) is 11.8. The van der Waals surface area contributed by atoms with Gasteiger partial charge in [-0.2, -0.15) is 0 Å². The molecule has 3 nitrogen and oxygen atoms in total. The lowest BCUT2D eigenvalue weighted by atomic mass is 9.96. The third kappa shape index (κ3) is 1.92. The second-order valence-corrected chi connectivity index (χ2v) is 5.20. The topological polar surface area (TPSA) is 34.9 Å². The van der Waals surface area contributed by atoms with Crippen molar-refractivity contribution in [1.82, 2.24) is 9.55 Å². The zero-order chi connectivity index (χ0) is 14.3. The van der Waals surface area contributed by atoms with Crippen molar-refractivity contribution in [3.63, 3.8) is 0 Å². The number of nitrogens with zero attached hydrogens (tertiary/aromatic N) is 2. The highest BCUT2D eigenvalue weighted by atomic mass is 16.1. The lowest BCUT2D eigenvalue weighted by molar-refractivity contribution is 0.112. The lowest BCUT2D eigenvalue weighted by Gasteiger charge is -2.09. The van der Waals surface area contributed by atoms with Gasteiger partial charge in [0.25, 0.3) is 0 Å². The third-order valence-electron chi connectivity index (χ3n) is 3.78. The summed E-state index contributed by atoms with van der Waals surface area (Å²) in [6, 6.07) is 10.2. The second kappa shape index (κ2) is 4.60. The third-order valence-corrected chi connectivity index (χ3v) is 3.78. The van der Waals surface area contributed by atoms with E-state index in [1.165, 1.54) is 11.1 Å². The fourth-order valence-corrected chi connectivity index (χ4v) is 2.56. The average molecular weight is 264 g/mol. The number of aryl methyl sites for hydroxylation is 3. The molecule has 0 N–H and O–H groups in total. The Morgan fingerprint density at radius 1 is 1.10 bits per heavy atom. The summed E-state index contributed by atoms with van der Waals surface area (Å²) in [7, 11) is 2.00. The molecule has 0 aliphatic carbocycles. The first-order valence-corrected chi connectivity index (χ1v) is 6.58. The molecule has 0 atom stereocenters. The van der Waals surface area contributed by atoms with Crippen LogP contribution in [-0.2, 0) is 7.05 Å². The summed E-state index contributed by atoms with van der Waals surface area (Å²) in [4.78, 5) is 15.3. The van der Waals surface area contributed by atoms with E-state index in [1.54, 1.807) is 0 Å². The van der Waals surface area contributed by atoms with E-state index in [2.05, 4.69) is 30.1 Å². The molecule has 1 aromatic heterocycles. The number of carbonyl (C=O) groups excluding carboxylic acids is 1. The summed E-state index contributed by atoms with van der Waals surface area (Å²) in [5, 5.41) is 0. The zero-order valence-electron chi connectivity index (χ0n) is 11.8. The number of aromatic nitrogens is 2. The number of benzene rings is 2. The van der Waals surface area contributed by atoms with Gasteiger partial charge in [0.15, 0.2) is 0 Å². The molecule has 100 valence electrons. The first-order chi connectivity index (χ1) is 9.60. The van der Waals surface area contributed by atoms with Crippen LogP contribution >= 0.6 is 0 Å². The van der Waals surface area contributed by atoms with Crippen molar-refractivity contribution in [2.75, 3.05) is 0 Å².